The second-order valence-electron chi connectivity index (χ2n) is 9.23. The quantitative estimate of drug-likeness (QED) is 0.348. The van der Waals surface area contributed by atoms with Gasteiger partial charge in [0.1, 0.15) is 11.0 Å². The van der Waals surface area contributed by atoms with Crippen LogP contribution in [0, 0.1) is 4.91 Å². The molecule has 34 heavy (non-hydrogen) atoms. The van der Waals surface area contributed by atoms with Gasteiger partial charge in [-0.05, 0) is 36.9 Å². The van der Waals surface area contributed by atoms with Crippen LogP contribution in [-0.4, -0.2) is 75.3 Å². The first kappa shape index (κ1) is 24.9. The number of nitrogens with one attached hydrogen (secondary N) is 1. The zero-order chi connectivity index (χ0) is 23.9. The second kappa shape index (κ2) is 12.0. The molecule has 3 unspecified atom stereocenters. The summed E-state index contributed by atoms with van der Waals surface area (Å²) in [5.41, 5.74) is 5.13. The fraction of sp³-hybridized carbons (Fsp3) is 0.560. The summed E-state index contributed by atoms with van der Waals surface area (Å²) in [4.78, 5) is 26.9. The van der Waals surface area contributed by atoms with Crippen molar-refractivity contribution in [2.24, 2.45) is 5.29 Å². The zero-order valence-electron chi connectivity index (χ0n) is 19.9. The van der Waals surface area contributed by atoms with Crippen LogP contribution in [0.2, 0.25) is 0 Å². The molecule has 0 radical (unpaired) electrons. The molecule has 4 rings (SSSR count). The molecule has 8 nitrogen and oxygen atoms in total. The Morgan fingerprint density at radius 3 is 2.38 bits per heavy atom. The van der Waals surface area contributed by atoms with E-state index >= 15 is 0 Å². The molecule has 3 aliphatic rings. The van der Waals surface area contributed by atoms with Crippen molar-refractivity contribution in [3.8, 4) is 0 Å². The molecule has 1 aliphatic carbocycles. The Morgan fingerprint density at radius 1 is 1.06 bits per heavy atom. The Kier molecular flexibility index (Phi) is 8.77. The van der Waals surface area contributed by atoms with Crippen LogP contribution in [0.5, 0.6) is 0 Å². The first-order valence-corrected chi connectivity index (χ1v) is 13.4. The molecule has 1 fully saturated rings. The SMILES string of the molecule is CCN1CCN(Cc2ccc(C3C=CC(S(=O)N4CC=C(C(=O)NN=O)CC4)CC3)cc2)CC1. The average Bonchev–Trinajstić information content (AvgIpc) is 2.89. The molecule has 0 saturated carbocycles. The summed E-state index contributed by atoms with van der Waals surface area (Å²) < 4.78 is 15.0. The summed E-state index contributed by atoms with van der Waals surface area (Å²) >= 11 is 0. The van der Waals surface area contributed by atoms with E-state index in [4.69, 9.17) is 0 Å². The van der Waals surface area contributed by atoms with Crippen LogP contribution in [0.1, 0.15) is 43.2 Å². The van der Waals surface area contributed by atoms with E-state index in [0.29, 0.717) is 31.0 Å². The van der Waals surface area contributed by atoms with Crippen molar-refractivity contribution in [1.29, 1.82) is 0 Å². The van der Waals surface area contributed by atoms with Gasteiger partial charge in [0.2, 0.25) is 0 Å². The van der Waals surface area contributed by atoms with Crippen LogP contribution in [0.15, 0.2) is 53.4 Å². The number of hydrogen-bond acceptors (Lipinski definition) is 6. The minimum absolute atomic E-state index is 0.00210. The first-order chi connectivity index (χ1) is 16.6. The van der Waals surface area contributed by atoms with Gasteiger partial charge in [0.25, 0.3) is 5.91 Å². The topological polar surface area (TPSA) is 85.3 Å². The highest BCUT2D eigenvalue weighted by atomic mass is 32.2. The highest BCUT2D eigenvalue weighted by molar-refractivity contribution is 7.83. The number of allylic oxidation sites excluding steroid dienone is 1. The maximum absolute atomic E-state index is 13.1. The normalized spacial score (nSPS) is 25.5. The van der Waals surface area contributed by atoms with Gasteiger partial charge >= 0.3 is 0 Å². The molecule has 2 aliphatic heterocycles. The summed E-state index contributed by atoms with van der Waals surface area (Å²) in [5.74, 6) is -0.103. The van der Waals surface area contributed by atoms with Gasteiger partial charge in [0, 0.05) is 57.3 Å². The number of piperazine rings is 1. The Balaban J connectivity index is 1.27. The predicted molar refractivity (Wildman–Crippen MR) is 135 cm³/mol. The molecule has 0 bridgehead atoms. The van der Waals surface area contributed by atoms with Gasteiger partial charge in [-0.25, -0.2) is 13.9 Å². The van der Waals surface area contributed by atoms with Gasteiger partial charge in [0.15, 0.2) is 0 Å². The Bertz CT molecular complexity index is 940. The van der Waals surface area contributed by atoms with E-state index in [1.807, 2.05) is 9.73 Å². The van der Waals surface area contributed by atoms with Crippen molar-refractivity contribution in [2.45, 2.75) is 43.9 Å². The van der Waals surface area contributed by atoms with Crippen LogP contribution in [-0.2, 0) is 22.3 Å². The van der Waals surface area contributed by atoms with Crippen LogP contribution in [0.3, 0.4) is 0 Å². The van der Waals surface area contributed by atoms with Crippen molar-refractivity contribution in [3.05, 3.63) is 64.1 Å². The lowest BCUT2D eigenvalue weighted by molar-refractivity contribution is -0.117. The van der Waals surface area contributed by atoms with Gasteiger partial charge in [-0.2, -0.15) is 0 Å². The van der Waals surface area contributed by atoms with Gasteiger partial charge in [-0.15, -0.1) is 4.91 Å². The summed E-state index contributed by atoms with van der Waals surface area (Å²) in [6.45, 7) is 9.95. The third-order valence-corrected chi connectivity index (χ3v) is 8.92. The fourth-order valence-corrected chi connectivity index (χ4v) is 6.40. The summed E-state index contributed by atoms with van der Waals surface area (Å²) in [6, 6.07) is 9.02. The van der Waals surface area contributed by atoms with Crippen molar-refractivity contribution < 1.29 is 9.00 Å². The minimum atomic E-state index is -1.13. The molecule has 0 spiro atoms. The number of likely N-dealkylation sites (N-methyl/N-ethyl adjacent to an activating group) is 1. The van der Waals surface area contributed by atoms with Crippen LogP contribution < -0.4 is 5.43 Å². The van der Waals surface area contributed by atoms with E-state index in [2.05, 4.69) is 58.4 Å². The number of rotatable bonds is 8. The third kappa shape index (κ3) is 6.27. The number of carbonyl (C=O) groups excluding carboxylic acids is 1. The minimum Gasteiger partial charge on any atom is -0.301 e. The van der Waals surface area contributed by atoms with Crippen molar-refractivity contribution in [3.63, 3.8) is 0 Å². The van der Waals surface area contributed by atoms with Gasteiger partial charge in [-0.3, -0.25) is 9.69 Å². The molecule has 0 aromatic heterocycles. The number of nitrogens with zero attached hydrogens (tertiary/aromatic N) is 4. The molecule has 1 N–H and O–H groups in total. The van der Waals surface area contributed by atoms with Crippen molar-refractivity contribution in [1.82, 2.24) is 19.5 Å². The van der Waals surface area contributed by atoms with E-state index in [9.17, 15) is 13.9 Å². The lowest BCUT2D eigenvalue weighted by Crippen LogP contribution is -2.45. The summed E-state index contributed by atoms with van der Waals surface area (Å²) in [6.07, 6.45) is 8.37. The lowest BCUT2D eigenvalue weighted by Gasteiger charge is -2.34. The van der Waals surface area contributed by atoms with E-state index in [0.717, 1.165) is 52.1 Å². The number of hydrogen-bond donors (Lipinski definition) is 1. The highest BCUT2D eigenvalue weighted by Crippen LogP contribution is 2.31. The maximum atomic E-state index is 13.1. The van der Waals surface area contributed by atoms with Crippen molar-refractivity contribution in [2.75, 3.05) is 45.8 Å². The number of amides is 1. The third-order valence-electron chi connectivity index (χ3n) is 7.17. The monoisotopic (exact) mass is 485 g/mol. The molecule has 1 amide bonds. The molecular formula is C25H35N5O3S. The van der Waals surface area contributed by atoms with E-state index in [-0.39, 0.29) is 5.25 Å². The average molecular weight is 486 g/mol. The van der Waals surface area contributed by atoms with Gasteiger partial charge < -0.3 is 4.90 Å². The zero-order valence-corrected chi connectivity index (χ0v) is 20.7. The highest BCUT2D eigenvalue weighted by Gasteiger charge is 2.28. The molecule has 1 aromatic carbocycles. The standard InChI is InChI=1S/C25H35N5O3S/c1-2-28-15-17-29(18-16-28)19-20-3-5-21(6-4-20)22-7-9-24(10-8-22)34(33)30-13-11-23(12-14-30)25(31)26-27-32/h3-7,9,11,22,24H,2,8,10,12-19H2,1H3,(H,26,31,32). The smallest absolute Gasteiger partial charge is 0.269 e. The number of carbonyl (C=O) groups is 1. The van der Waals surface area contributed by atoms with Crippen LogP contribution >= 0.6 is 0 Å². The molecule has 9 heteroatoms. The largest absolute Gasteiger partial charge is 0.301 e. The summed E-state index contributed by atoms with van der Waals surface area (Å²) in [5, 5.41) is 2.43. The Hall–Kier alpha value is -2.20. The molecule has 3 atom stereocenters. The van der Waals surface area contributed by atoms with E-state index < -0.39 is 16.9 Å². The molecule has 2 heterocycles. The molecule has 184 valence electrons. The van der Waals surface area contributed by atoms with Gasteiger partial charge in [0.05, 0.1) is 10.5 Å². The predicted octanol–water partition coefficient (Wildman–Crippen LogP) is 2.72. The first-order valence-electron chi connectivity index (χ1n) is 12.3. The van der Waals surface area contributed by atoms with Crippen molar-refractivity contribution >= 4 is 16.9 Å². The van der Waals surface area contributed by atoms with E-state index in [1.54, 1.807) is 6.08 Å². The van der Waals surface area contributed by atoms with Crippen LogP contribution in [0.25, 0.3) is 0 Å². The van der Waals surface area contributed by atoms with Crippen LogP contribution in [0.4, 0.5) is 0 Å². The Morgan fingerprint density at radius 2 is 1.79 bits per heavy atom. The van der Waals surface area contributed by atoms with E-state index in [1.165, 1.54) is 11.1 Å². The second-order valence-corrected chi connectivity index (χ2v) is 10.9. The lowest BCUT2D eigenvalue weighted by atomic mass is 9.89. The fourth-order valence-electron chi connectivity index (χ4n) is 4.96. The number of nitroso groups, excluding NO2 is 1. The maximum Gasteiger partial charge on any atom is 0.269 e. The Labute approximate surface area is 204 Å². The number of benzene rings is 1. The summed E-state index contributed by atoms with van der Waals surface area (Å²) in [7, 11) is -1.13. The molecule has 1 aromatic rings. The molecule has 1 saturated heterocycles. The van der Waals surface area contributed by atoms with Gasteiger partial charge in [-0.1, -0.05) is 49.4 Å². The molecular weight excluding hydrogens is 450 g/mol.